The van der Waals surface area contributed by atoms with Crippen LogP contribution in [0, 0.1) is 5.92 Å². The van der Waals surface area contributed by atoms with Gasteiger partial charge < -0.3 is 20.3 Å². The molecule has 0 bridgehead atoms. The molecule has 0 aliphatic rings. The van der Waals surface area contributed by atoms with E-state index >= 15 is 0 Å². The third kappa shape index (κ3) is 10.8. The molecule has 4 amide bonds. The molecule has 2 atom stereocenters. The highest BCUT2D eigenvalue weighted by molar-refractivity contribution is 7.89. The average molecular weight is 563 g/mol. The Balaban J connectivity index is 0.00000371. The molecule has 0 spiro atoms. The zero-order valence-electron chi connectivity index (χ0n) is 23.2. The van der Waals surface area contributed by atoms with Crippen molar-refractivity contribution in [3.8, 4) is 0 Å². The van der Waals surface area contributed by atoms with E-state index in [4.69, 9.17) is 0 Å². The molecule has 3 N–H and O–H groups in total. The molecule has 0 fully saturated rings. The van der Waals surface area contributed by atoms with Crippen LogP contribution in [-0.4, -0.2) is 74.7 Å². The Kier molecular flexibility index (Phi) is 13.3. The van der Waals surface area contributed by atoms with Crippen molar-refractivity contribution in [2.24, 2.45) is 5.92 Å². The van der Waals surface area contributed by atoms with E-state index in [-0.39, 0.29) is 12.5 Å². The lowest BCUT2D eigenvalue weighted by Gasteiger charge is -2.29. The molecule has 0 saturated heterocycles. The molecule has 2 aromatic rings. The summed E-state index contributed by atoms with van der Waals surface area (Å²) in [5.41, 5.74) is 0.388. The summed E-state index contributed by atoms with van der Waals surface area (Å²) in [4.78, 5) is 63.0. The van der Waals surface area contributed by atoms with Crippen LogP contribution in [0.5, 0.6) is 0 Å². The lowest BCUT2D eigenvalue weighted by atomic mass is 10.0. The number of carbonyl (C=O) groups is 5. The number of sulfonamides is 1. The molecule has 0 heterocycles. The zero-order valence-corrected chi connectivity index (χ0v) is 24.0. The van der Waals surface area contributed by atoms with Crippen molar-refractivity contribution in [2.75, 3.05) is 19.3 Å². The van der Waals surface area contributed by atoms with Crippen LogP contribution in [0.3, 0.4) is 0 Å². The van der Waals surface area contributed by atoms with Crippen LogP contribution in [0.2, 0.25) is 0 Å². The summed E-state index contributed by atoms with van der Waals surface area (Å²) in [6, 6.07) is 10.6. The van der Waals surface area contributed by atoms with Crippen molar-refractivity contribution < 1.29 is 32.4 Å². The van der Waals surface area contributed by atoms with Crippen molar-refractivity contribution >= 4 is 50.7 Å². The molecule has 2 rings (SSSR count). The first kappa shape index (κ1) is 33.2. The molecule has 0 unspecified atom stereocenters. The smallest absolute Gasteiger partial charge is 0.251 e. The van der Waals surface area contributed by atoms with Gasteiger partial charge in [-0.25, -0.2) is 8.42 Å². The van der Waals surface area contributed by atoms with Crippen LogP contribution in [0.15, 0.2) is 42.5 Å². The standard InChI is InChI=1S/C25H32N4O7S.C2H6/c1-5-29(14-22(32)26-20(15-30)13-21(31)28-37(4,35)36)25(34)23(16(2)3)27-24(33)19-11-10-17-8-6-7-9-18(17)12-19;1-2/h6-12,15-16,20,23H,5,13-14H2,1-4H3,(H,26,32)(H,27,33)(H,28,31);1-2H3/t20-,23-;/m0./s1. The van der Waals surface area contributed by atoms with Gasteiger partial charge in [-0.15, -0.1) is 0 Å². The lowest BCUT2D eigenvalue weighted by molar-refractivity contribution is -0.138. The fraction of sp³-hybridized carbons (Fsp3) is 0.444. The minimum absolute atomic E-state index is 0.141. The number of benzene rings is 2. The minimum atomic E-state index is -3.81. The number of rotatable bonds is 12. The maximum atomic E-state index is 13.3. The molecule has 214 valence electrons. The summed E-state index contributed by atoms with van der Waals surface area (Å²) in [6.45, 7) is 8.90. The fourth-order valence-corrected chi connectivity index (χ4v) is 4.11. The molecule has 0 aliphatic heterocycles. The van der Waals surface area contributed by atoms with Gasteiger partial charge in [-0.1, -0.05) is 58.0 Å². The van der Waals surface area contributed by atoms with Gasteiger partial charge in [0, 0.05) is 12.1 Å². The Morgan fingerprint density at radius 1 is 0.949 bits per heavy atom. The largest absolute Gasteiger partial charge is 0.345 e. The summed E-state index contributed by atoms with van der Waals surface area (Å²) in [5.74, 6) is -2.89. The van der Waals surface area contributed by atoms with E-state index < -0.39 is 58.7 Å². The topological polar surface area (TPSA) is 159 Å². The molecule has 2 aromatic carbocycles. The van der Waals surface area contributed by atoms with Gasteiger partial charge in [-0.2, -0.15) is 0 Å². The number of amides is 4. The predicted octanol–water partition coefficient (Wildman–Crippen LogP) is 1.62. The lowest BCUT2D eigenvalue weighted by Crippen LogP contribution is -2.54. The van der Waals surface area contributed by atoms with E-state index in [2.05, 4.69) is 10.6 Å². The number of hydrogen-bond donors (Lipinski definition) is 3. The number of hydrogen-bond acceptors (Lipinski definition) is 7. The third-order valence-corrected chi connectivity index (χ3v) is 6.07. The quantitative estimate of drug-likeness (QED) is 0.332. The molecule has 11 nitrogen and oxygen atoms in total. The molecular weight excluding hydrogens is 524 g/mol. The molecule has 0 saturated carbocycles. The Morgan fingerprint density at radius 2 is 1.56 bits per heavy atom. The molecule has 0 aromatic heterocycles. The predicted molar refractivity (Wildman–Crippen MR) is 149 cm³/mol. The second-order valence-electron chi connectivity index (χ2n) is 8.92. The van der Waals surface area contributed by atoms with Crippen LogP contribution >= 0.6 is 0 Å². The highest BCUT2D eigenvalue weighted by Crippen LogP contribution is 2.16. The number of nitrogens with zero attached hydrogens (tertiary/aromatic N) is 1. The molecule has 12 heteroatoms. The van der Waals surface area contributed by atoms with Crippen LogP contribution in [0.1, 0.15) is 51.4 Å². The minimum Gasteiger partial charge on any atom is -0.345 e. The van der Waals surface area contributed by atoms with Gasteiger partial charge in [0.2, 0.25) is 27.7 Å². The van der Waals surface area contributed by atoms with Gasteiger partial charge in [-0.3, -0.25) is 23.9 Å². The van der Waals surface area contributed by atoms with Crippen LogP contribution in [-0.2, 0) is 29.2 Å². The number of aldehydes is 1. The maximum Gasteiger partial charge on any atom is 0.251 e. The van der Waals surface area contributed by atoms with E-state index in [9.17, 15) is 32.4 Å². The number of fused-ring (bicyclic) bond motifs is 1. The number of likely N-dealkylation sites (N-methyl/N-ethyl adjacent to an activating group) is 1. The normalized spacial score (nSPS) is 12.4. The highest BCUT2D eigenvalue weighted by atomic mass is 32.2. The van der Waals surface area contributed by atoms with Gasteiger partial charge in [0.15, 0.2) is 0 Å². The van der Waals surface area contributed by atoms with E-state index in [1.54, 1.807) is 37.6 Å². The van der Waals surface area contributed by atoms with E-state index in [0.29, 0.717) is 11.8 Å². The van der Waals surface area contributed by atoms with Crippen LogP contribution in [0.25, 0.3) is 10.8 Å². The highest BCUT2D eigenvalue weighted by Gasteiger charge is 2.30. The van der Waals surface area contributed by atoms with E-state index in [1.807, 2.05) is 44.2 Å². The summed E-state index contributed by atoms with van der Waals surface area (Å²) < 4.78 is 24.0. The maximum absolute atomic E-state index is 13.3. The molecule has 39 heavy (non-hydrogen) atoms. The Bertz CT molecular complexity index is 1280. The summed E-state index contributed by atoms with van der Waals surface area (Å²) in [7, 11) is -3.81. The Hall–Kier alpha value is -3.80. The summed E-state index contributed by atoms with van der Waals surface area (Å²) >= 11 is 0. The second kappa shape index (κ2) is 15.6. The SMILES string of the molecule is CC.CCN(CC(=O)N[C@H](C=O)CC(=O)NS(C)(=O)=O)C(=O)[C@@H](NC(=O)c1ccc2ccccc2c1)C(C)C. The first-order valence-electron chi connectivity index (χ1n) is 12.7. The van der Waals surface area contributed by atoms with Crippen LogP contribution < -0.4 is 15.4 Å². The van der Waals surface area contributed by atoms with Gasteiger partial charge in [0.05, 0.1) is 25.3 Å². The summed E-state index contributed by atoms with van der Waals surface area (Å²) in [6.07, 6.45) is 0.505. The first-order valence-corrected chi connectivity index (χ1v) is 14.6. The number of nitrogens with one attached hydrogen (secondary N) is 3. The van der Waals surface area contributed by atoms with Gasteiger partial charge >= 0.3 is 0 Å². The van der Waals surface area contributed by atoms with Crippen LogP contribution in [0.4, 0.5) is 0 Å². The first-order chi connectivity index (χ1) is 18.3. The van der Waals surface area contributed by atoms with E-state index in [0.717, 1.165) is 17.0 Å². The molecular formula is C27H38N4O7S. The van der Waals surface area contributed by atoms with Crippen molar-refractivity contribution in [2.45, 2.75) is 53.1 Å². The van der Waals surface area contributed by atoms with Crippen molar-refractivity contribution in [1.29, 1.82) is 0 Å². The summed E-state index contributed by atoms with van der Waals surface area (Å²) in [5, 5.41) is 6.92. The third-order valence-electron chi connectivity index (χ3n) is 5.47. The zero-order chi connectivity index (χ0) is 29.8. The van der Waals surface area contributed by atoms with Crippen molar-refractivity contribution in [3.05, 3.63) is 48.0 Å². The van der Waals surface area contributed by atoms with Gasteiger partial charge in [0.25, 0.3) is 5.91 Å². The van der Waals surface area contributed by atoms with Gasteiger partial charge in [0.1, 0.15) is 12.3 Å². The monoisotopic (exact) mass is 562 g/mol. The van der Waals surface area contributed by atoms with Gasteiger partial charge in [-0.05, 0) is 35.7 Å². The molecule has 0 aliphatic carbocycles. The Morgan fingerprint density at radius 3 is 2.10 bits per heavy atom. The second-order valence-corrected chi connectivity index (χ2v) is 10.7. The number of carbonyl (C=O) groups excluding carboxylic acids is 5. The fourth-order valence-electron chi connectivity index (χ4n) is 3.62. The Labute approximate surface area is 229 Å². The average Bonchev–Trinajstić information content (AvgIpc) is 2.89. The van der Waals surface area contributed by atoms with Crippen molar-refractivity contribution in [3.63, 3.8) is 0 Å². The van der Waals surface area contributed by atoms with E-state index in [1.165, 1.54) is 4.90 Å². The molecule has 0 radical (unpaired) electrons. The van der Waals surface area contributed by atoms with Crippen molar-refractivity contribution in [1.82, 2.24) is 20.3 Å².